The van der Waals surface area contributed by atoms with Gasteiger partial charge in [-0.15, -0.1) is 29.8 Å². The number of amides is 4. The quantitative estimate of drug-likeness (QED) is 0.164. The summed E-state index contributed by atoms with van der Waals surface area (Å²) < 4.78 is 10.1. The number of halogens is 2. The third-order valence-corrected chi connectivity index (χ3v) is 10.1. The van der Waals surface area contributed by atoms with Gasteiger partial charge in [0.1, 0.15) is 18.0 Å². The van der Waals surface area contributed by atoms with Gasteiger partial charge in [-0.2, -0.15) is 5.01 Å². The lowest BCUT2D eigenvalue weighted by atomic mass is 9.99. The van der Waals surface area contributed by atoms with E-state index in [2.05, 4.69) is 16.6 Å². The van der Waals surface area contributed by atoms with E-state index in [1.807, 2.05) is 48.5 Å². The molecular formula is C38H39Cl2N5O6. The Bertz CT molecular complexity index is 1860. The van der Waals surface area contributed by atoms with Crippen molar-refractivity contribution in [1.82, 2.24) is 25.1 Å². The summed E-state index contributed by atoms with van der Waals surface area (Å²) in [4.78, 5) is 56.9. The highest BCUT2D eigenvalue weighted by molar-refractivity contribution is 6.31. The SMILES string of the molecule is C=CCN(C(=O)NCC1=CC(Cl)C(Cl)C=C1)N1CC(=O)N2[C@@H](Cc3ccc(OCC(=O)OC)cc3)C(=O)N(Cc3cccc4ccccc34)C[C@@H]21. The molecule has 0 bridgehead atoms. The number of carbonyl (C=O) groups excluding carboxylic acids is 4. The minimum Gasteiger partial charge on any atom is -0.482 e. The number of ether oxygens (including phenoxy) is 2. The van der Waals surface area contributed by atoms with Crippen LogP contribution in [0.5, 0.6) is 5.75 Å². The van der Waals surface area contributed by atoms with Crippen molar-refractivity contribution in [1.29, 1.82) is 0 Å². The fraction of sp³-hybridized carbons (Fsp3) is 0.316. The van der Waals surface area contributed by atoms with Gasteiger partial charge in [0.2, 0.25) is 11.8 Å². The number of hydrogen-bond donors (Lipinski definition) is 1. The van der Waals surface area contributed by atoms with E-state index in [1.165, 1.54) is 12.1 Å². The molecule has 2 unspecified atom stereocenters. The number of piperazine rings is 1. The number of esters is 1. The molecule has 0 spiro atoms. The van der Waals surface area contributed by atoms with Crippen molar-refractivity contribution < 1.29 is 28.7 Å². The van der Waals surface area contributed by atoms with Crippen LogP contribution in [0.2, 0.25) is 0 Å². The topological polar surface area (TPSA) is 112 Å². The molecule has 1 aliphatic carbocycles. The van der Waals surface area contributed by atoms with Gasteiger partial charge in [-0.1, -0.05) is 78.9 Å². The summed E-state index contributed by atoms with van der Waals surface area (Å²) >= 11 is 12.5. The molecule has 13 heteroatoms. The van der Waals surface area contributed by atoms with Crippen LogP contribution in [0.3, 0.4) is 0 Å². The van der Waals surface area contributed by atoms with Crippen LogP contribution in [-0.2, 0) is 32.1 Å². The Labute approximate surface area is 306 Å². The fourth-order valence-electron chi connectivity index (χ4n) is 6.66. The predicted octanol–water partition coefficient (Wildman–Crippen LogP) is 4.64. The summed E-state index contributed by atoms with van der Waals surface area (Å²) in [5.41, 5.74) is 2.58. The van der Waals surface area contributed by atoms with Crippen LogP contribution in [0.25, 0.3) is 10.8 Å². The zero-order chi connectivity index (χ0) is 36.1. The first-order valence-electron chi connectivity index (χ1n) is 16.6. The minimum atomic E-state index is -0.839. The molecule has 1 N–H and O–H groups in total. The van der Waals surface area contributed by atoms with Crippen LogP contribution < -0.4 is 10.1 Å². The van der Waals surface area contributed by atoms with Crippen molar-refractivity contribution in [3.05, 3.63) is 114 Å². The first-order chi connectivity index (χ1) is 24.7. The number of fused-ring (bicyclic) bond motifs is 2. The molecule has 51 heavy (non-hydrogen) atoms. The molecule has 3 aliphatic rings. The normalized spacial score (nSPS) is 21.7. The molecule has 3 aromatic rings. The maximum Gasteiger partial charge on any atom is 0.343 e. The molecule has 6 rings (SSSR count). The number of hydrogen-bond acceptors (Lipinski definition) is 7. The van der Waals surface area contributed by atoms with Gasteiger partial charge >= 0.3 is 12.0 Å². The lowest BCUT2D eigenvalue weighted by Crippen LogP contribution is -2.66. The molecule has 11 nitrogen and oxygen atoms in total. The number of methoxy groups -OCH3 is 1. The summed E-state index contributed by atoms with van der Waals surface area (Å²) in [7, 11) is 1.29. The van der Waals surface area contributed by atoms with E-state index in [0.29, 0.717) is 12.3 Å². The smallest absolute Gasteiger partial charge is 0.343 e. The first-order valence-corrected chi connectivity index (χ1v) is 17.5. The van der Waals surface area contributed by atoms with Gasteiger partial charge < -0.3 is 24.6 Å². The molecule has 3 aromatic carbocycles. The summed E-state index contributed by atoms with van der Waals surface area (Å²) in [6.45, 7) is 4.38. The van der Waals surface area contributed by atoms with Crippen LogP contribution in [0, 0.1) is 0 Å². The zero-order valence-electron chi connectivity index (χ0n) is 28.1. The van der Waals surface area contributed by atoms with E-state index in [1.54, 1.807) is 57.3 Å². The Morgan fingerprint density at radius 1 is 1.04 bits per heavy atom. The van der Waals surface area contributed by atoms with E-state index < -0.39 is 29.6 Å². The molecule has 0 radical (unpaired) electrons. The molecule has 0 aromatic heterocycles. The lowest BCUT2D eigenvalue weighted by molar-refractivity contribution is -0.157. The largest absolute Gasteiger partial charge is 0.482 e. The number of hydrazine groups is 1. The molecule has 266 valence electrons. The van der Waals surface area contributed by atoms with Gasteiger partial charge in [-0.05, 0) is 39.6 Å². The number of rotatable bonds is 12. The first kappa shape index (κ1) is 36.0. The average Bonchev–Trinajstić information content (AvgIpc) is 3.46. The van der Waals surface area contributed by atoms with Crippen molar-refractivity contribution in [3.8, 4) is 5.75 Å². The molecule has 2 heterocycles. The van der Waals surface area contributed by atoms with Crippen LogP contribution >= 0.6 is 23.2 Å². The number of carbonyl (C=O) groups is 4. The van der Waals surface area contributed by atoms with Crippen LogP contribution in [0.4, 0.5) is 4.79 Å². The number of nitrogens with zero attached hydrogens (tertiary/aromatic N) is 4. The third kappa shape index (κ3) is 8.06. The Balaban J connectivity index is 1.28. The van der Waals surface area contributed by atoms with E-state index in [4.69, 9.17) is 27.9 Å². The van der Waals surface area contributed by atoms with Crippen LogP contribution in [0.15, 0.2) is 103 Å². The summed E-state index contributed by atoms with van der Waals surface area (Å²) in [6.07, 6.45) is 6.62. The molecule has 0 saturated carbocycles. The van der Waals surface area contributed by atoms with E-state index in [0.717, 1.165) is 27.5 Å². The summed E-state index contributed by atoms with van der Waals surface area (Å²) in [5.74, 6) is -0.493. The van der Waals surface area contributed by atoms with Gasteiger partial charge in [0.05, 0.1) is 37.5 Å². The Hall–Kier alpha value is -4.84. The van der Waals surface area contributed by atoms with Gasteiger partial charge in [0.15, 0.2) is 6.61 Å². The number of alkyl halides is 2. The molecule has 2 fully saturated rings. The second kappa shape index (κ2) is 16.0. The van der Waals surface area contributed by atoms with Gasteiger partial charge in [0.25, 0.3) is 0 Å². The number of nitrogens with one attached hydrogen (secondary N) is 1. The minimum absolute atomic E-state index is 0.0988. The van der Waals surface area contributed by atoms with Crippen molar-refractivity contribution in [2.75, 3.05) is 39.9 Å². The van der Waals surface area contributed by atoms with E-state index in [-0.39, 0.29) is 56.4 Å². The molecule has 2 saturated heterocycles. The Morgan fingerprint density at radius 2 is 1.80 bits per heavy atom. The number of benzene rings is 3. The van der Waals surface area contributed by atoms with E-state index >= 15 is 0 Å². The van der Waals surface area contributed by atoms with Crippen molar-refractivity contribution >= 4 is 57.8 Å². The standard InChI is InChI=1S/C38H39Cl2N5O6/c1-3-17-43(38(49)41-20-26-13-16-31(39)32(40)18-26)44-23-35(46)45-33(19-25-11-14-29(15-12-25)51-24-36(47)50-2)37(48)42(22-34(44)45)21-28-9-6-8-27-7-4-5-10-30(27)28/h3-16,18,31-34H,1,17,19-24H2,2H3,(H,41,49)/t31?,32?,33-,34+/m0/s1. The second-order valence-corrected chi connectivity index (χ2v) is 13.5. The maximum absolute atomic E-state index is 14.4. The van der Waals surface area contributed by atoms with Crippen molar-refractivity contribution in [3.63, 3.8) is 0 Å². The summed E-state index contributed by atoms with van der Waals surface area (Å²) in [5, 5.41) is 7.50. The Morgan fingerprint density at radius 3 is 2.55 bits per heavy atom. The fourth-order valence-corrected chi connectivity index (χ4v) is 7.05. The monoisotopic (exact) mass is 731 g/mol. The second-order valence-electron chi connectivity index (χ2n) is 12.5. The van der Waals surface area contributed by atoms with Crippen LogP contribution in [0.1, 0.15) is 11.1 Å². The van der Waals surface area contributed by atoms with Gasteiger partial charge in [0, 0.05) is 19.5 Å². The summed E-state index contributed by atoms with van der Waals surface area (Å²) in [6, 6.07) is 19.8. The van der Waals surface area contributed by atoms with Crippen molar-refractivity contribution in [2.45, 2.75) is 35.9 Å². The number of urea groups is 1. The molecular weight excluding hydrogens is 693 g/mol. The highest BCUT2D eigenvalue weighted by atomic mass is 35.5. The van der Waals surface area contributed by atoms with E-state index in [9.17, 15) is 19.2 Å². The predicted molar refractivity (Wildman–Crippen MR) is 195 cm³/mol. The van der Waals surface area contributed by atoms with Crippen molar-refractivity contribution in [2.24, 2.45) is 0 Å². The van der Waals surface area contributed by atoms with Crippen LogP contribution in [-0.4, -0.2) is 106 Å². The highest BCUT2D eigenvalue weighted by Crippen LogP contribution is 2.32. The number of allylic oxidation sites excluding steroid dienone is 2. The highest BCUT2D eigenvalue weighted by Gasteiger charge is 2.52. The Kier molecular flexibility index (Phi) is 11.3. The maximum atomic E-state index is 14.4. The molecule has 2 aliphatic heterocycles. The van der Waals surface area contributed by atoms with Gasteiger partial charge in [-0.25, -0.2) is 9.59 Å². The average molecular weight is 733 g/mol. The van der Waals surface area contributed by atoms with Gasteiger partial charge in [-0.3, -0.25) is 14.6 Å². The molecule has 4 atom stereocenters. The molecule has 4 amide bonds. The zero-order valence-corrected chi connectivity index (χ0v) is 29.6. The third-order valence-electron chi connectivity index (χ3n) is 9.21. The lowest BCUT2D eigenvalue weighted by Gasteiger charge is -2.46.